The van der Waals surface area contributed by atoms with Crippen LogP contribution >= 0.6 is 10.3 Å². The van der Waals surface area contributed by atoms with Crippen LogP contribution in [0.15, 0.2) is 42.3 Å². The molecule has 1 heterocycles. The lowest BCUT2D eigenvalue weighted by Gasteiger charge is -2.26. The summed E-state index contributed by atoms with van der Waals surface area (Å²) in [5.41, 5.74) is 1.38. The summed E-state index contributed by atoms with van der Waals surface area (Å²) in [7, 11) is -1.03. The normalized spacial score (nSPS) is 24.4. The molecule has 1 aromatic carbocycles. The average molecular weight is 251 g/mol. The quantitative estimate of drug-likeness (QED) is 0.721. The Kier molecular flexibility index (Phi) is 3.92. The first-order valence-electron chi connectivity index (χ1n) is 5.89. The third-order valence-electron chi connectivity index (χ3n) is 3.02. The molecule has 0 aliphatic carbocycles. The Morgan fingerprint density at radius 3 is 2.76 bits per heavy atom. The van der Waals surface area contributed by atoms with Gasteiger partial charge in [-0.15, -0.1) is 10.3 Å². The Balaban J connectivity index is 1.73. The Labute approximate surface area is 106 Å². The number of hydrogen-bond acceptors (Lipinski definition) is 2. The van der Waals surface area contributed by atoms with Crippen molar-refractivity contribution in [3.05, 3.63) is 47.9 Å². The smallest absolute Gasteiger partial charge is 0.0764 e. The van der Waals surface area contributed by atoms with E-state index in [4.69, 9.17) is 4.18 Å². The molecule has 1 fully saturated rings. The predicted octanol–water partition coefficient (Wildman–Crippen LogP) is 3.01. The highest BCUT2D eigenvalue weighted by Crippen LogP contribution is 2.42. The molecule has 0 spiro atoms. The molecule has 0 amide bonds. The third kappa shape index (κ3) is 3.87. The molecule has 2 rings (SSSR count). The Morgan fingerprint density at radius 2 is 2.12 bits per heavy atom. The van der Waals surface area contributed by atoms with Crippen molar-refractivity contribution in [3.8, 4) is 0 Å². The lowest BCUT2D eigenvalue weighted by Crippen LogP contribution is -2.10. The summed E-state index contributed by atoms with van der Waals surface area (Å²) in [5, 5.41) is 1.94. The van der Waals surface area contributed by atoms with Crippen LogP contribution in [0, 0.1) is 0 Å². The van der Waals surface area contributed by atoms with Gasteiger partial charge in [0.1, 0.15) is 0 Å². The highest BCUT2D eigenvalue weighted by molar-refractivity contribution is 8.31. The predicted molar refractivity (Wildman–Crippen MR) is 76.2 cm³/mol. The molecule has 2 nitrogen and oxygen atoms in total. The van der Waals surface area contributed by atoms with E-state index in [1.165, 1.54) is 5.56 Å². The molecule has 2 atom stereocenters. The lowest BCUT2D eigenvalue weighted by molar-refractivity contribution is 0.329. The standard InChI is InChI=1S/C14H21NOS/c1-4-17(2,3)16-12-14-11-15(14)10-13-8-6-5-7-9-13/h4-9,14H,1,10-12H2,2-3H3. The summed E-state index contributed by atoms with van der Waals surface area (Å²) in [6, 6.07) is 11.2. The van der Waals surface area contributed by atoms with Gasteiger partial charge in [-0.05, 0) is 23.5 Å². The van der Waals surface area contributed by atoms with Gasteiger partial charge >= 0.3 is 0 Å². The van der Waals surface area contributed by atoms with Gasteiger partial charge in [0.25, 0.3) is 0 Å². The first kappa shape index (κ1) is 12.7. The fourth-order valence-electron chi connectivity index (χ4n) is 1.70. The summed E-state index contributed by atoms with van der Waals surface area (Å²) in [4.78, 5) is 2.44. The van der Waals surface area contributed by atoms with Crippen LogP contribution in [-0.4, -0.2) is 36.6 Å². The molecule has 0 aromatic heterocycles. The highest BCUT2D eigenvalue weighted by atomic mass is 32.3. The molecule has 0 radical (unpaired) electrons. The van der Waals surface area contributed by atoms with Gasteiger partial charge in [0.15, 0.2) is 0 Å². The van der Waals surface area contributed by atoms with Gasteiger partial charge in [-0.2, -0.15) is 0 Å². The van der Waals surface area contributed by atoms with Crippen LogP contribution in [-0.2, 0) is 10.7 Å². The Hall–Kier alpha value is -0.770. The summed E-state index contributed by atoms with van der Waals surface area (Å²) in [6.07, 6.45) is 4.26. The van der Waals surface area contributed by atoms with E-state index < -0.39 is 10.3 Å². The zero-order valence-electron chi connectivity index (χ0n) is 10.6. The van der Waals surface area contributed by atoms with Crippen LogP contribution < -0.4 is 0 Å². The van der Waals surface area contributed by atoms with Crippen LogP contribution in [0.2, 0.25) is 0 Å². The van der Waals surface area contributed by atoms with Gasteiger partial charge in [0.2, 0.25) is 0 Å². The topological polar surface area (TPSA) is 12.2 Å². The lowest BCUT2D eigenvalue weighted by atomic mass is 10.2. The first-order chi connectivity index (χ1) is 8.11. The minimum Gasteiger partial charge on any atom is -0.332 e. The summed E-state index contributed by atoms with van der Waals surface area (Å²) in [5.74, 6) is 0. The van der Waals surface area contributed by atoms with E-state index in [0.29, 0.717) is 6.04 Å². The van der Waals surface area contributed by atoms with Crippen molar-refractivity contribution in [1.29, 1.82) is 0 Å². The average Bonchev–Trinajstić information content (AvgIpc) is 3.07. The van der Waals surface area contributed by atoms with Crippen LogP contribution in [0.3, 0.4) is 0 Å². The molecule has 0 saturated carbocycles. The van der Waals surface area contributed by atoms with Crippen LogP contribution in [0.4, 0.5) is 0 Å². The molecular formula is C14H21NOS. The second kappa shape index (κ2) is 5.25. The molecule has 17 heavy (non-hydrogen) atoms. The van der Waals surface area contributed by atoms with Crippen LogP contribution in [0.1, 0.15) is 5.56 Å². The highest BCUT2D eigenvalue weighted by Gasteiger charge is 2.34. The molecule has 2 unspecified atom stereocenters. The summed E-state index contributed by atoms with van der Waals surface area (Å²) >= 11 is 0. The molecule has 3 heteroatoms. The van der Waals surface area contributed by atoms with Gasteiger partial charge in [0, 0.05) is 19.1 Å². The summed E-state index contributed by atoms with van der Waals surface area (Å²) < 4.78 is 5.89. The molecule has 1 aliphatic rings. The molecule has 0 bridgehead atoms. The maximum absolute atomic E-state index is 5.89. The molecule has 1 aromatic rings. The van der Waals surface area contributed by atoms with E-state index in [1.54, 1.807) is 0 Å². The fraction of sp³-hybridized carbons (Fsp3) is 0.429. The summed E-state index contributed by atoms with van der Waals surface area (Å²) in [6.45, 7) is 6.85. The minimum absolute atomic E-state index is 0.599. The molecule has 1 aliphatic heterocycles. The SMILES string of the molecule is C=CS(C)(C)OCC1CN1Cc1ccccc1. The second-order valence-corrected chi connectivity index (χ2v) is 8.02. The second-order valence-electron chi connectivity index (χ2n) is 4.83. The Bertz CT molecular complexity index is 377. The van der Waals surface area contributed by atoms with E-state index >= 15 is 0 Å². The van der Waals surface area contributed by atoms with E-state index in [0.717, 1.165) is 19.7 Å². The van der Waals surface area contributed by atoms with Crippen molar-refractivity contribution in [3.63, 3.8) is 0 Å². The number of nitrogens with zero attached hydrogens (tertiary/aromatic N) is 1. The first-order valence-corrected chi connectivity index (χ1v) is 8.32. The number of rotatable bonds is 6. The van der Waals surface area contributed by atoms with Crippen molar-refractivity contribution in [2.45, 2.75) is 12.6 Å². The van der Waals surface area contributed by atoms with Crippen molar-refractivity contribution in [2.75, 3.05) is 25.7 Å². The van der Waals surface area contributed by atoms with Gasteiger partial charge in [-0.25, -0.2) is 0 Å². The number of benzene rings is 1. The van der Waals surface area contributed by atoms with E-state index in [1.807, 2.05) is 5.41 Å². The number of hydrogen-bond donors (Lipinski definition) is 0. The molecule has 1 saturated heterocycles. The van der Waals surface area contributed by atoms with E-state index in [-0.39, 0.29) is 0 Å². The van der Waals surface area contributed by atoms with Crippen LogP contribution in [0.25, 0.3) is 0 Å². The van der Waals surface area contributed by atoms with Crippen LogP contribution in [0.5, 0.6) is 0 Å². The largest absolute Gasteiger partial charge is 0.332 e. The van der Waals surface area contributed by atoms with Gasteiger partial charge < -0.3 is 4.18 Å². The van der Waals surface area contributed by atoms with Crippen molar-refractivity contribution in [2.24, 2.45) is 0 Å². The zero-order valence-corrected chi connectivity index (χ0v) is 11.5. The van der Waals surface area contributed by atoms with E-state index in [2.05, 4.69) is 54.3 Å². The monoisotopic (exact) mass is 251 g/mol. The van der Waals surface area contributed by atoms with Gasteiger partial charge in [-0.1, -0.05) is 36.9 Å². The third-order valence-corrected chi connectivity index (χ3v) is 4.57. The van der Waals surface area contributed by atoms with Crippen molar-refractivity contribution < 1.29 is 4.18 Å². The maximum Gasteiger partial charge on any atom is 0.0764 e. The zero-order chi connectivity index (χ0) is 12.3. The fourth-order valence-corrected chi connectivity index (χ4v) is 2.30. The van der Waals surface area contributed by atoms with Crippen molar-refractivity contribution >= 4 is 10.3 Å². The van der Waals surface area contributed by atoms with E-state index in [9.17, 15) is 0 Å². The van der Waals surface area contributed by atoms with Gasteiger partial charge in [0.05, 0.1) is 6.61 Å². The maximum atomic E-state index is 5.89. The molecular weight excluding hydrogens is 230 g/mol. The minimum atomic E-state index is -1.03. The Morgan fingerprint density at radius 1 is 1.41 bits per heavy atom. The molecule has 94 valence electrons. The van der Waals surface area contributed by atoms with Crippen molar-refractivity contribution in [1.82, 2.24) is 4.90 Å². The van der Waals surface area contributed by atoms with Gasteiger partial charge in [-0.3, -0.25) is 4.90 Å². The molecule has 0 N–H and O–H groups in total.